The van der Waals surface area contributed by atoms with Crippen molar-refractivity contribution in [3.63, 3.8) is 0 Å². The van der Waals surface area contributed by atoms with Crippen molar-refractivity contribution in [1.29, 1.82) is 0 Å². The maximum Gasteiger partial charge on any atom is 0.306 e. The van der Waals surface area contributed by atoms with E-state index in [2.05, 4.69) is 10.00 Å². The van der Waals surface area contributed by atoms with Gasteiger partial charge in [-0.2, -0.15) is 5.10 Å². The average Bonchev–Trinajstić information content (AvgIpc) is 3.07. The molecule has 0 spiro atoms. The average molecular weight is 281 g/mol. The Morgan fingerprint density at radius 3 is 3.10 bits per heavy atom. The lowest BCUT2D eigenvalue weighted by Gasteiger charge is -2.24. The van der Waals surface area contributed by atoms with Crippen LogP contribution >= 0.6 is 0 Å². The number of aromatic nitrogens is 2. The van der Waals surface area contributed by atoms with E-state index >= 15 is 0 Å². The summed E-state index contributed by atoms with van der Waals surface area (Å²) in [4.78, 5) is 13.6. The molecule has 0 unspecified atom stereocenters. The lowest BCUT2D eigenvalue weighted by molar-refractivity contribution is -0.141. The molecular formula is C14H23N3O3. The van der Waals surface area contributed by atoms with Gasteiger partial charge in [0.05, 0.1) is 25.8 Å². The molecule has 1 atom stereocenters. The van der Waals surface area contributed by atoms with Gasteiger partial charge >= 0.3 is 5.97 Å². The first-order valence-corrected chi connectivity index (χ1v) is 7.05. The predicted octanol–water partition coefficient (Wildman–Crippen LogP) is 0.964. The van der Waals surface area contributed by atoms with Crippen molar-refractivity contribution in [2.45, 2.75) is 31.9 Å². The van der Waals surface area contributed by atoms with Crippen LogP contribution in [0.5, 0.6) is 0 Å². The van der Waals surface area contributed by atoms with Crippen molar-refractivity contribution in [3.8, 4) is 0 Å². The zero-order chi connectivity index (χ0) is 14.4. The van der Waals surface area contributed by atoms with Crippen molar-refractivity contribution in [2.24, 2.45) is 7.05 Å². The van der Waals surface area contributed by atoms with Gasteiger partial charge in [0.1, 0.15) is 0 Å². The zero-order valence-corrected chi connectivity index (χ0v) is 12.2. The summed E-state index contributed by atoms with van der Waals surface area (Å²) in [6.45, 7) is 3.17. The van der Waals surface area contributed by atoms with Crippen molar-refractivity contribution >= 4 is 5.97 Å². The molecule has 0 amide bonds. The number of hydrogen-bond donors (Lipinski definition) is 0. The molecule has 2 rings (SSSR count). The Bertz CT molecular complexity index is 427. The molecule has 1 aliphatic heterocycles. The molecule has 1 fully saturated rings. The number of nitrogens with zero attached hydrogens (tertiary/aromatic N) is 3. The third kappa shape index (κ3) is 4.61. The molecule has 20 heavy (non-hydrogen) atoms. The van der Waals surface area contributed by atoms with Crippen molar-refractivity contribution in [2.75, 3.05) is 26.8 Å². The van der Waals surface area contributed by atoms with Crippen LogP contribution in [0.2, 0.25) is 0 Å². The summed E-state index contributed by atoms with van der Waals surface area (Å²) in [6.07, 6.45) is 6.78. The van der Waals surface area contributed by atoms with Crippen LogP contribution in [0.1, 0.15) is 24.8 Å². The third-order valence-corrected chi connectivity index (χ3v) is 3.51. The van der Waals surface area contributed by atoms with E-state index in [1.54, 1.807) is 4.68 Å². The first-order chi connectivity index (χ1) is 9.67. The van der Waals surface area contributed by atoms with Crippen molar-refractivity contribution in [1.82, 2.24) is 14.7 Å². The Morgan fingerprint density at radius 1 is 1.65 bits per heavy atom. The van der Waals surface area contributed by atoms with Gasteiger partial charge in [-0.1, -0.05) is 0 Å². The highest BCUT2D eigenvalue weighted by Gasteiger charge is 2.20. The summed E-state index contributed by atoms with van der Waals surface area (Å²) in [7, 11) is 3.33. The van der Waals surface area contributed by atoms with Crippen LogP contribution < -0.4 is 0 Å². The highest BCUT2D eigenvalue weighted by Crippen LogP contribution is 2.15. The second kappa shape index (κ2) is 7.40. The van der Waals surface area contributed by atoms with E-state index < -0.39 is 0 Å². The Kier molecular flexibility index (Phi) is 5.55. The van der Waals surface area contributed by atoms with Crippen LogP contribution in [0.4, 0.5) is 0 Å². The molecule has 6 nitrogen and oxygen atoms in total. The van der Waals surface area contributed by atoms with Crippen LogP contribution in [0.15, 0.2) is 12.4 Å². The van der Waals surface area contributed by atoms with Crippen LogP contribution in [0, 0.1) is 0 Å². The topological polar surface area (TPSA) is 56.6 Å². The van der Waals surface area contributed by atoms with Gasteiger partial charge in [-0.3, -0.25) is 14.4 Å². The second-order valence-corrected chi connectivity index (χ2v) is 5.22. The lowest BCUT2D eigenvalue weighted by Crippen LogP contribution is -2.33. The number of methoxy groups -OCH3 is 1. The third-order valence-electron chi connectivity index (χ3n) is 3.51. The molecular weight excluding hydrogens is 258 g/mol. The van der Waals surface area contributed by atoms with Crippen LogP contribution in [0.3, 0.4) is 0 Å². The molecule has 0 aliphatic carbocycles. The molecule has 0 N–H and O–H groups in total. The van der Waals surface area contributed by atoms with E-state index in [4.69, 9.17) is 9.47 Å². The smallest absolute Gasteiger partial charge is 0.306 e. The molecule has 6 heteroatoms. The minimum Gasteiger partial charge on any atom is -0.469 e. The van der Waals surface area contributed by atoms with E-state index in [-0.39, 0.29) is 12.1 Å². The summed E-state index contributed by atoms with van der Waals surface area (Å²) in [5, 5.41) is 4.18. The Hall–Kier alpha value is -1.40. The second-order valence-electron chi connectivity index (χ2n) is 5.22. The minimum atomic E-state index is -0.173. The fraction of sp³-hybridized carbons (Fsp3) is 0.714. The van der Waals surface area contributed by atoms with Crippen LogP contribution in [-0.4, -0.2) is 53.6 Å². The van der Waals surface area contributed by atoms with Gasteiger partial charge in [0.15, 0.2) is 0 Å². The van der Waals surface area contributed by atoms with Gasteiger partial charge < -0.3 is 9.47 Å². The van der Waals surface area contributed by atoms with E-state index in [9.17, 15) is 4.79 Å². The van der Waals surface area contributed by atoms with Crippen molar-refractivity contribution < 1.29 is 14.3 Å². The summed E-state index contributed by atoms with van der Waals surface area (Å²) in [5.41, 5.74) is 1.15. The highest BCUT2D eigenvalue weighted by atomic mass is 16.5. The van der Waals surface area contributed by atoms with Crippen LogP contribution in [0.25, 0.3) is 0 Å². The number of ether oxygens (including phenoxy) is 2. The minimum absolute atomic E-state index is 0.173. The monoisotopic (exact) mass is 281 g/mol. The largest absolute Gasteiger partial charge is 0.469 e. The van der Waals surface area contributed by atoms with E-state index in [0.29, 0.717) is 13.0 Å². The number of carbonyl (C=O) groups excluding carboxylic acids is 1. The molecule has 1 aliphatic rings. The summed E-state index contributed by atoms with van der Waals surface area (Å²) in [6, 6.07) is 0. The number of esters is 1. The standard InChI is InChI=1S/C14H23N3O3/c1-16-9-12(8-15-16)10-17(6-5-14(18)19-2)11-13-4-3-7-20-13/h8-9,13H,3-7,10-11H2,1-2H3/t13-/m0/s1. The van der Waals surface area contributed by atoms with Gasteiger partial charge in [-0.05, 0) is 12.8 Å². The maximum absolute atomic E-state index is 11.3. The first kappa shape index (κ1) is 15.0. The fourth-order valence-corrected chi connectivity index (χ4v) is 2.47. The van der Waals surface area contributed by atoms with Crippen LogP contribution in [-0.2, 0) is 27.9 Å². The molecule has 0 aromatic carbocycles. The number of aryl methyl sites for hydroxylation is 1. The molecule has 1 aromatic rings. The van der Waals surface area contributed by atoms with E-state index in [1.165, 1.54) is 7.11 Å². The zero-order valence-electron chi connectivity index (χ0n) is 12.2. The highest BCUT2D eigenvalue weighted by molar-refractivity contribution is 5.69. The van der Waals surface area contributed by atoms with Gasteiger partial charge in [-0.25, -0.2) is 0 Å². The van der Waals surface area contributed by atoms with Gasteiger partial charge in [0, 0.05) is 45.0 Å². The van der Waals surface area contributed by atoms with Gasteiger partial charge in [-0.15, -0.1) is 0 Å². The molecule has 112 valence electrons. The Labute approximate surface area is 119 Å². The summed E-state index contributed by atoms with van der Waals surface area (Å²) >= 11 is 0. The number of rotatable bonds is 7. The fourth-order valence-electron chi connectivity index (χ4n) is 2.47. The molecule has 2 heterocycles. The van der Waals surface area contributed by atoms with E-state index in [1.807, 2.05) is 19.4 Å². The normalized spacial score (nSPS) is 18.6. The Balaban J connectivity index is 1.89. The summed E-state index contributed by atoms with van der Waals surface area (Å²) < 4.78 is 12.2. The van der Waals surface area contributed by atoms with Gasteiger partial charge in [0.25, 0.3) is 0 Å². The number of carbonyl (C=O) groups is 1. The molecule has 1 saturated heterocycles. The van der Waals surface area contributed by atoms with Gasteiger partial charge in [0.2, 0.25) is 0 Å². The molecule has 0 bridgehead atoms. The summed E-state index contributed by atoms with van der Waals surface area (Å²) in [5.74, 6) is -0.173. The van der Waals surface area contributed by atoms with Crippen molar-refractivity contribution in [3.05, 3.63) is 18.0 Å². The molecule has 0 radical (unpaired) electrons. The number of hydrogen-bond acceptors (Lipinski definition) is 5. The van der Waals surface area contributed by atoms with E-state index in [0.717, 1.165) is 38.1 Å². The predicted molar refractivity (Wildman–Crippen MR) is 74.1 cm³/mol. The maximum atomic E-state index is 11.3. The SMILES string of the molecule is COC(=O)CCN(Cc1cnn(C)c1)C[C@@H]1CCCO1. The Morgan fingerprint density at radius 2 is 2.50 bits per heavy atom. The quantitative estimate of drug-likeness (QED) is 0.697. The molecule has 1 aromatic heterocycles. The lowest BCUT2D eigenvalue weighted by atomic mass is 10.2. The molecule has 0 saturated carbocycles. The first-order valence-electron chi connectivity index (χ1n) is 7.05.